The van der Waals surface area contributed by atoms with Crippen LogP contribution < -0.4 is 0 Å². The van der Waals surface area contributed by atoms with Crippen molar-refractivity contribution in [3.05, 3.63) is 47.2 Å². The molecule has 0 spiro atoms. The lowest BCUT2D eigenvalue weighted by Crippen LogP contribution is -1.53. The molecule has 3 heterocycles. The highest BCUT2D eigenvalue weighted by atomic mass is 32.1. The lowest BCUT2D eigenvalue weighted by molar-refractivity contribution is 0.393. The van der Waals surface area contributed by atoms with Crippen molar-refractivity contribution < 1.29 is 4.52 Å². The van der Waals surface area contributed by atoms with E-state index in [1.54, 1.807) is 29.2 Å². The Hall–Kier alpha value is -1.60. The van der Waals surface area contributed by atoms with Crippen LogP contribution in [0.4, 0.5) is 0 Å². The van der Waals surface area contributed by atoms with Gasteiger partial charge in [-0.25, -0.2) is 4.37 Å². The van der Waals surface area contributed by atoms with Gasteiger partial charge in [-0.2, -0.15) is 0 Å². The zero-order valence-corrected chi connectivity index (χ0v) is 9.27. The third-order valence-electron chi connectivity index (χ3n) is 0.977. The Kier molecular flexibility index (Phi) is 6.87. The second-order valence-corrected chi connectivity index (χ2v) is 3.40. The lowest BCUT2D eigenvalue weighted by Gasteiger charge is -1.45. The minimum absolute atomic E-state index is 1.40. The summed E-state index contributed by atoms with van der Waals surface area (Å²) in [6, 6.07) is 1.91. The Bertz CT molecular complexity index is 257. The Morgan fingerprint density at radius 1 is 1.07 bits per heavy atom. The van der Waals surface area contributed by atoms with Gasteiger partial charge in [0.2, 0.25) is 0 Å². The van der Waals surface area contributed by atoms with Crippen LogP contribution in [0.3, 0.4) is 0 Å². The standard InChI is InChI=1S/2C3H3NS.C2H2N2O/c1-2-5-3-4-1;1-2-4-5-3-1;1-2-5-4-3-1/h2*1-3H;1-2H. The fraction of sp³-hybridized carbons (Fsp3) is 0. The third-order valence-corrected chi connectivity index (χ3v) is 2.02. The number of nitrogens with zero attached hydrogens (tertiary/aromatic N) is 4. The molecule has 0 bridgehead atoms. The minimum atomic E-state index is 1.40. The molecule has 0 amide bonds. The van der Waals surface area contributed by atoms with E-state index in [4.69, 9.17) is 0 Å². The molecule has 0 atom stereocenters. The molecular weight excluding hydrogens is 232 g/mol. The van der Waals surface area contributed by atoms with Crippen LogP contribution in [0.1, 0.15) is 0 Å². The molecule has 0 aromatic carbocycles. The van der Waals surface area contributed by atoms with E-state index in [-0.39, 0.29) is 0 Å². The highest BCUT2D eigenvalue weighted by molar-refractivity contribution is 7.07. The van der Waals surface area contributed by atoms with Gasteiger partial charge >= 0.3 is 0 Å². The zero-order chi connectivity index (χ0) is 10.6. The highest BCUT2D eigenvalue weighted by Crippen LogP contribution is 1.86. The van der Waals surface area contributed by atoms with Gasteiger partial charge in [-0.3, -0.25) is 4.98 Å². The van der Waals surface area contributed by atoms with Gasteiger partial charge in [-0.05, 0) is 17.6 Å². The molecule has 3 aromatic rings. The van der Waals surface area contributed by atoms with Crippen LogP contribution in [0.5, 0.6) is 0 Å². The van der Waals surface area contributed by atoms with Gasteiger partial charge in [0.1, 0.15) is 6.26 Å². The summed E-state index contributed by atoms with van der Waals surface area (Å²) >= 11 is 3.06. The van der Waals surface area contributed by atoms with Crippen molar-refractivity contribution in [1.82, 2.24) is 19.7 Å². The Balaban J connectivity index is 0.000000112. The van der Waals surface area contributed by atoms with Crippen LogP contribution in [0.25, 0.3) is 0 Å². The van der Waals surface area contributed by atoms with Crippen LogP contribution in [0.2, 0.25) is 0 Å². The molecule has 5 nitrogen and oxygen atoms in total. The maximum absolute atomic E-state index is 4.22. The topological polar surface area (TPSA) is 64.7 Å². The average Bonchev–Trinajstić information content (AvgIpc) is 3.09. The van der Waals surface area contributed by atoms with E-state index in [0.717, 1.165) is 0 Å². The van der Waals surface area contributed by atoms with E-state index in [1.165, 1.54) is 24.0 Å². The SMILES string of the molecule is c1cnsc1.c1conn1.c1cscn1. The van der Waals surface area contributed by atoms with Gasteiger partial charge in [0, 0.05) is 28.4 Å². The molecule has 78 valence electrons. The quantitative estimate of drug-likeness (QED) is 0.603. The molecule has 0 unspecified atom stereocenters. The predicted molar refractivity (Wildman–Crippen MR) is 58.5 cm³/mol. The molecule has 15 heavy (non-hydrogen) atoms. The number of aromatic nitrogens is 4. The molecule has 0 saturated heterocycles. The third kappa shape index (κ3) is 7.47. The molecule has 0 aliphatic rings. The van der Waals surface area contributed by atoms with Gasteiger partial charge in [0.05, 0.1) is 11.7 Å². The summed E-state index contributed by atoms with van der Waals surface area (Å²) in [5.74, 6) is 0. The summed E-state index contributed by atoms with van der Waals surface area (Å²) in [4.78, 5) is 3.74. The predicted octanol–water partition coefficient (Wildman–Crippen LogP) is 2.36. The summed E-state index contributed by atoms with van der Waals surface area (Å²) in [6.07, 6.45) is 6.41. The first kappa shape index (κ1) is 11.5. The number of hydrogen-bond acceptors (Lipinski definition) is 7. The smallest absolute Gasteiger partial charge is 0.144 e. The second-order valence-electron chi connectivity index (χ2n) is 1.95. The van der Waals surface area contributed by atoms with E-state index >= 15 is 0 Å². The highest BCUT2D eigenvalue weighted by Gasteiger charge is 1.61. The molecule has 0 saturated carbocycles. The average molecular weight is 240 g/mol. The van der Waals surface area contributed by atoms with E-state index in [1.807, 2.05) is 16.8 Å². The van der Waals surface area contributed by atoms with Crippen molar-refractivity contribution in [3.63, 3.8) is 0 Å². The van der Waals surface area contributed by atoms with E-state index in [2.05, 4.69) is 24.3 Å². The van der Waals surface area contributed by atoms with Crippen LogP contribution in [-0.2, 0) is 0 Å². The van der Waals surface area contributed by atoms with Gasteiger partial charge in [0.15, 0.2) is 0 Å². The maximum Gasteiger partial charge on any atom is 0.144 e. The normalized spacial score (nSPS) is 8.00. The zero-order valence-electron chi connectivity index (χ0n) is 7.63. The fourth-order valence-electron chi connectivity index (χ4n) is 0.487. The lowest BCUT2D eigenvalue weighted by atomic mass is 10.8. The van der Waals surface area contributed by atoms with Crippen LogP contribution in [-0.4, -0.2) is 19.7 Å². The summed E-state index contributed by atoms with van der Waals surface area (Å²) in [5.41, 5.74) is 1.79. The van der Waals surface area contributed by atoms with Crippen molar-refractivity contribution in [2.24, 2.45) is 0 Å². The summed E-state index contributed by atoms with van der Waals surface area (Å²) in [5, 5.41) is 10.3. The van der Waals surface area contributed by atoms with E-state index < -0.39 is 0 Å². The van der Waals surface area contributed by atoms with Crippen molar-refractivity contribution in [3.8, 4) is 0 Å². The van der Waals surface area contributed by atoms with Crippen LogP contribution in [0, 0.1) is 0 Å². The van der Waals surface area contributed by atoms with Gasteiger partial charge in [-0.15, -0.1) is 16.4 Å². The molecule has 3 aromatic heterocycles. The van der Waals surface area contributed by atoms with Gasteiger partial charge in [0.25, 0.3) is 0 Å². The summed E-state index contributed by atoms with van der Waals surface area (Å²) < 4.78 is 7.99. The molecule has 3 rings (SSSR count). The monoisotopic (exact) mass is 240 g/mol. The number of rotatable bonds is 0. The van der Waals surface area contributed by atoms with Crippen molar-refractivity contribution in [2.75, 3.05) is 0 Å². The number of thiazole rings is 1. The summed E-state index contributed by atoms with van der Waals surface area (Å²) in [6.45, 7) is 0. The Morgan fingerprint density at radius 3 is 2.27 bits per heavy atom. The Morgan fingerprint density at radius 2 is 2.07 bits per heavy atom. The first-order valence-corrected chi connectivity index (χ1v) is 5.65. The van der Waals surface area contributed by atoms with Crippen LogP contribution in [0.15, 0.2) is 51.7 Å². The van der Waals surface area contributed by atoms with Gasteiger partial charge < -0.3 is 4.52 Å². The first-order valence-electron chi connectivity index (χ1n) is 3.87. The maximum atomic E-state index is 4.22. The van der Waals surface area contributed by atoms with Crippen molar-refractivity contribution in [1.29, 1.82) is 0 Å². The molecular formula is C8H8N4OS2. The van der Waals surface area contributed by atoms with E-state index in [0.29, 0.717) is 0 Å². The molecule has 0 fully saturated rings. The summed E-state index contributed by atoms with van der Waals surface area (Å²) in [7, 11) is 0. The van der Waals surface area contributed by atoms with Gasteiger partial charge in [-0.1, -0.05) is 0 Å². The molecule has 0 radical (unpaired) electrons. The van der Waals surface area contributed by atoms with Crippen molar-refractivity contribution >= 4 is 22.9 Å². The molecule has 7 heteroatoms. The number of hydrogen-bond donors (Lipinski definition) is 0. The fourth-order valence-corrected chi connectivity index (χ4v) is 1.19. The van der Waals surface area contributed by atoms with E-state index in [9.17, 15) is 0 Å². The second kappa shape index (κ2) is 8.97. The van der Waals surface area contributed by atoms with Crippen molar-refractivity contribution in [2.45, 2.75) is 0 Å². The largest absolute Gasteiger partial charge is 0.346 e. The first-order chi connectivity index (χ1) is 7.50. The Labute approximate surface area is 94.6 Å². The minimum Gasteiger partial charge on any atom is -0.346 e. The molecule has 0 aliphatic carbocycles. The molecule has 0 N–H and O–H groups in total. The van der Waals surface area contributed by atoms with Crippen LogP contribution >= 0.6 is 22.9 Å². The molecule has 0 aliphatic heterocycles.